The number of para-hydroxylation sites is 1. The lowest BCUT2D eigenvalue weighted by atomic mass is 10.1. The fraction of sp³-hybridized carbons (Fsp3) is 0.150. The number of amides is 1. The largest absolute Gasteiger partial charge is 0.305 e. The first-order valence-corrected chi connectivity index (χ1v) is 8.02. The third-order valence-corrected chi connectivity index (χ3v) is 4.42. The van der Waals surface area contributed by atoms with E-state index >= 15 is 0 Å². The van der Waals surface area contributed by atoms with Gasteiger partial charge in [-0.2, -0.15) is 0 Å². The molecule has 24 heavy (non-hydrogen) atoms. The highest BCUT2D eigenvalue weighted by atomic mass is 16.2. The van der Waals surface area contributed by atoms with Crippen LogP contribution in [0.2, 0.25) is 0 Å². The third-order valence-electron chi connectivity index (χ3n) is 4.42. The van der Waals surface area contributed by atoms with E-state index in [-0.39, 0.29) is 11.9 Å². The summed E-state index contributed by atoms with van der Waals surface area (Å²) in [5.41, 5.74) is 4.32. The van der Waals surface area contributed by atoms with Crippen LogP contribution in [0.3, 0.4) is 0 Å². The molecule has 4 rings (SSSR count). The molecule has 1 aliphatic heterocycles. The van der Waals surface area contributed by atoms with Crippen LogP contribution in [0.15, 0.2) is 67.1 Å². The summed E-state index contributed by atoms with van der Waals surface area (Å²) in [6.07, 6.45) is 3.97. The van der Waals surface area contributed by atoms with Crippen molar-refractivity contribution >= 4 is 11.6 Å². The molecule has 2 aromatic carbocycles. The summed E-state index contributed by atoms with van der Waals surface area (Å²) in [6.45, 7) is 2.07. The average Bonchev–Trinajstić information content (AvgIpc) is 2.97. The van der Waals surface area contributed by atoms with Gasteiger partial charge in [0.2, 0.25) is 0 Å². The lowest BCUT2D eigenvalue weighted by molar-refractivity contribution is 0.0981. The van der Waals surface area contributed by atoms with Gasteiger partial charge in [0.05, 0.1) is 11.3 Å². The molecule has 0 saturated carbocycles. The van der Waals surface area contributed by atoms with Gasteiger partial charge in [0.1, 0.15) is 6.33 Å². The summed E-state index contributed by atoms with van der Waals surface area (Å²) in [7, 11) is 0. The number of hydrogen-bond acceptors (Lipinski definition) is 3. The third kappa shape index (κ3) is 2.36. The molecule has 1 aliphatic rings. The lowest BCUT2D eigenvalue weighted by Crippen LogP contribution is -2.36. The number of hydrogen-bond donors (Lipinski definition) is 0. The van der Waals surface area contributed by atoms with Crippen LogP contribution in [0.4, 0.5) is 5.69 Å². The highest BCUT2D eigenvalue weighted by Crippen LogP contribution is 2.34. The first-order chi connectivity index (χ1) is 11.8. The van der Waals surface area contributed by atoms with E-state index in [1.54, 1.807) is 6.20 Å². The average molecular weight is 315 g/mol. The normalized spacial score (nSPS) is 16.0. The predicted octanol–water partition coefficient (Wildman–Crippen LogP) is 3.74. The van der Waals surface area contributed by atoms with Crippen molar-refractivity contribution in [1.29, 1.82) is 0 Å². The van der Waals surface area contributed by atoms with Crippen molar-refractivity contribution in [3.63, 3.8) is 0 Å². The summed E-state index contributed by atoms with van der Waals surface area (Å²) in [5, 5.41) is 0. The monoisotopic (exact) mass is 315 g/mol. The van der Waals surface area contributed by atoms with Crippen molar-refractivity contribution in [1.82, 2.24) is 9.97 Å². The van der Waals surface area contributed by atoms with E-state index in [4.69, 9.17) is 0 Å². The topological polar surface area (TPSA) is 46.1 Å². The van der Waals surface area contributed by atoms with Crippen LogP contribution in [0, 0.1) is 0 Å². The molecule has 4 heteroatoms. The Bertz CT molecular complexity index is 892. The molecule has 3 aromatic rings. The first-order valence-electron chi connectivity index (χ1n) is 8.02. The van der Waals surface area contributed by atoms with Crippen LogP contribution >= 0.6 is 0 Å². The molecular weight excluding hydrogens is 298 g/mol. The second-order valence-electron chi connectivity index (χ2n) is 6.01. The Kier molecular flexibility index (Phi) is 3.58. The number of carbonyl (C=O) groups is 1. The number of nitrogens with zero attached hydrogens (tertiary/aromatic N) is 3. The summed E-state index contributed by atoms with van der Waals surface area (Å²) >= 11 is 0. The van der Waals surface area contributed by atoms with Gasteiger partial charge in [-0.15, -0.1) is 0 Å². The number of fused-ring (bicyclic) bond motifs is 1. The molecule has 0 fully saturated rings. The number of carbonyl (C=O) groups excluding carboxylic acids is 1. The van der Waals surface area contributed by atoms with E-state index in [1.807, 2.05) is 53.4 Å². The van der Waals surface area contributed by atoms with Crippen molar-refractivity contribution in [3.05, 3.63) is 78.2 Å². The van der Waals surface area contributed by atoms with E-state index in [1.165, 1.54) is 11.9 Å². The number of benzene rings is 2. The second kappa shape index (κ2) is 5.89. The van der Waals surface area contributed by atoms with Gasteiger partial charge in [-0.25, -0.2) is 9.97 Å². The molecule has 4 nitrogen and oxygen atoms in total. The van der Waals surface area contributed by atoms with Crippen LogP contribution in [0.1, 0.15) is 22.8 Å². The number of rotatable bonds is 2. The highest BCUT2D eigenvalue weighted by molar-refractivity contribution is 6.10. The molecule has 0 spiro atoms. The molecule has 0 N–H and O–H groups in total. The molecule has 0 bridgehead atoms. The Morgan fingerprint density at radius 2 is 1.83 bits per heavy atom. The van der Waals surface area contributed by atoms with E-state index in [9.17, 15) is 4.79 Å². The maximum atomic E-state index is 13.3. The van der Waals surface area contributed by atoms with Gasteiger partial charge in [0.25, 0.3) is 5.91 Å². The summed E-state index contributed by atoms with van der Waals surface area (Å²) in [6, 6.07) is 17.9. The smallest absolute Gasteiger partial charge is 0.262 e. The van der Waals surface area contributed by atoms with Crippen LogP contribution < -0.4 is 4.90 Å². The second-order valence-corrected chi connectivity index (χ2v) is 6.01. The zero-order chi connectivity index (χ0) is 16.5. The van der Waals surface area contributed by atoms with E-state index in [0.717, 1.165) is 17.7 Å². The Balaban J connectivity index is 1.79. The summed E-state index contributed by atoms with van der Waals surface area (Å²) in [4.78, 5) is 23.6. The fourth-order valence-electron chi connectivity index (χ4n) is 3.32. The van der Waals surface area contributed by atoms with Gasteiger partial charge in [-0.1, -0.05) is 48.5 Å². The van der Waals surface area contributed by atoms with Crippen LogP contribution in [0.5, 0.6) is 0 Å². The van der Waals surface area contributed by atoms with Gasteiger partial charge >= 0.3 is 0 Å². The Labute approximate surface area is 140 Å². The van der Waals surface area contributed by atoms with E-state index in [2.05, 4.69) is 23.0 Å². The van der Waals surface area contributed by atoms with Crippen LogP contribution in [-0.4, -0.2) is 21.9 Å². The molecule has 1 amide bonds. The van der Waals surface area contributed by atoms with Gasteiger partial charge < -0.3 is 4.90 Å². The predicted molar refractivity (Wildman–Crippen MR) is 93.9 cm³/mol. The quantitative estimate of drug-likeness (QED) is 0.724. The minimum atomic E-state index is -0.0492. The van der Waals surface area contributed by atoms with E-state index in [0.29, 0.717) is 11.3 Å². The molecule has 0 saturated heterocycles. The molecule has 0 aliphatic carbocycles. The van der Waals surface area contributed by atoms with Crippen LogP contribution in [-0.2, 0) is 6.42 Å². The van der Waals surface area contributed by atoms with Gasteiger partial charge in [-0.3, -0.25) is 4.79 Å². The number of aromatic nitrogens is 2. The van der Waals surface area contributed by atoms with E-state index < -0.39 is 0 Å². The molecule has 0 radical (unpaired) electrons. The first kappa shape index (κ1) is 14.6. The zero-order valence-corrected chi connectivity index (χ0v) is 13.4. The van der Waals surface area contributed by atoms with Gasteiger partial charge in [0, 0.05) is 23.5 Å². The zero-order valence-electron chi connectivity index (χ0n) is 13.4. The fourth-order valence-corrected chi connectivity index (χ4v) is 3.32. The van der Waals surface area contributed by atoms with Crippen molar-refractivity contribution in [2.45, 2.75) is 19.4 Å². The minimum Gasteiger partial charge on any atom is -0.305 e. The van der Waals surface area contributed by atoms with Gasteiger partial charge in [0.15, 0.2) is 0 Å². The molecule has 1 aromatic heterocycles. The maximum Gasteiger partial charge on any atom is 0.262 e. The molecule has 1 unspecified atom stereocenters. The molecule has 118 valence electrons. The minimum absolute atomic E-state index is 0.0492. The Hall–Kier alpha value is -3.01. The lowest BCUT2D eigenvalue weighted by Gasteiger charge is -2.23. The molecule has 2 heterocycles. The summed E-state index contributed by atoms with van der Waals surface area (Å²) in [5.74, 6) is -0.0492. The van der Waals surface area contributed by atoms with Gasteiger partial charge in [-0.05, 0) is 25.0 Å². The maximum absolute atomic E-state index is 13.3. The number of anilines is 1. The van der Waals surface area contributed by atoms with Crippen LogP contribution in [0.25, 0.3) is 11.3 Å². The van der Waals surface area contributed by atoms with Crippen molar-refractivity contribution < 1.29 is 4.79 Å². The Morgan fingerprint density at radius 1 is 1.08 bits per heavy atom. The highest BCUT2D eigenvalue weighted by Gasteiger charge is 2.32. The summed E-state index contributed by atoms with van der Waals surface area (Å²) < 4.78 is 0. The van der Waals surface area contributed by atoms with Crippen molar-refractivity contribution in [2.24, 2.45) is 0 Å². The van der Waals surface area contributed by atoms with Crippen molar-refractivity contribution in [3.8, 4) is 11.3 Å². The molecular formula is C20H17N3O. The SMILES string of the molecule is CC1Cc2ccccc2N1C(=O)c1cncnc1-c1ccccc1. The molecule has 1 atom stereocenters. The Morgan fingerprint density at radius 3 is 2.67 bits per heavy atom. The van der Waals surface area contributed by atoms with Crippen molar-refractivity contribution in [2.75, 3.05) is 4.90 Å². The standard InChI is InChI=1S/C20H17N3O/c1-14-11-16-9-5-6-10-18(16)23(14)20(24)17-12-21-13-22-19(17)15-7-3-2-4-8-15/h2-10,12-14H,11H2,1H3.